The first kappa shape index (κ1) is 19.1. The second kappa shape index (κ2) is 8.77. The number of urea groups is 1. The zero-order valence-corrected chi connectivity index (χ0v) is 13.7. The number of carbonyl (C=O) groups excluding carboxylic acids is 1. The molecule has 25 heavy (non-hydrogen) atoms. The van der Waals surface area contributed by atoms with Crippen molar-refractivity contribution in [2.75, 3.05) is 38.3 Å². The van der Waals surface area contributed by atoms with Gasteiger partial charge >= 0.3 is 12.4 Å². The van der Waals surface area contributed by atoms with E-state index in [9.17, 15) is 18.0 Å². The molecule has 1 fully saturated rings. The van der Waals surface area contributed by atoms with Crippen LogP contribution in [0.5, 0.6) is 5.75 Å². The van der Waals surface area contributed by atoms with E-state index in [1.54, 1.807) is 0 Å². The molecule has 1 saturated heterocycles. The Kier molecular flexibility index (Phi) is 6.71. The fraction of sp³-hybridized carbons (Fsp3) is 0.533. The van der Waals surface area contributed by atoms with E-state index < -0.39 is 12.4 Å². The van der Waals surface area contributed by atoms with Gasteiger partial charge in [-0.2, -0.15) is 0 Å². The SMILES string of the molecule is C[C@H](CN1CCOCC1)NC(=O)NNc1ccc(OC(F)(F)F)cc1. The largest absolute Gasteiger partial charge is 0.573 e. The zero-order chi connectivity index (χ0) is 18.3. The molecule has 0 spiro atoms. The Morgan fingerprint density at radius 2 is 1.92 bits per heavy atom. The van der Waals surface area contributed by atoms with Gasteiger partial charge in [-0.3, -0.25) is 15.8 Å². The summed E-state index contributed by atoms with van der Waals surface area (Å²) in [6.45, 7) is 5.64. The number of nitrogens with zero attached hydrogens (tertiary/aromatic N) is 1. The van der Waals surface area contributed by atoms with Crippen LogP contribution in [0.4, 0.5) is 23.7 Å². The molecule has 1 aliphatic rings. The van der Waals surface area contributed by atoms with Crippen LogP contribution in [0.1, 0.15) is 6.92 Å². The van der Waals surface area contributed by atoms with Gasteiger partial charge in [-0.1, -0.05) is 0 Å². The van der Waals surface area contributed by atoms with Crippen LogP contribution in [0.2, 0.25) is 0 Å². The predicted octanol–water partition coefficient (Wildman–Crippen LogP) is 1.93. The first-order valence-corrected chi connectivity index (χ1v) is 7.80. The van der Waals surface area contributed by atoms with Crippen molar-refractivity contribution in [3.63, 3.8) is 0 Å². The molecule has 140 valence electrons. The number of halogens is 3. The van der Waals surface area contributed by atoms with E-state index in [0.29, 0.717) is 25.4 Å². The van der Waals surface area contributed by atoms with Gasteiger partial charge in [0.1, 0.15) is 5.75 Å². The number of morpholine rings is 1. The van der Waals surface area contributed by atoms with Crippen molar-refractivity contribution in [2.24, 2.45) is 0 Å². The van der Waals surface area contributed by atoms with Gasteiger partial charge in [0.15, 0.2) is 0 Å². The molecule has 0 saturated carbocycles. The number of benzene rings is 1. The highest BCUT2D eigenvalue weighted by Gasteiger charge is 2.30. The Bertz CT molecular complexity index is 548. The minimum atomic E-state index is -4.73. The highest BCUT2D eigenvalue weighted by Crippen LogP contribution is 2.23. The summed E-state index contributed by atoms with van der Waals surface area (Å²) < 4.78 is 45.2. The third-order valence-corrected chi connectivity index (χ3v) is 3.42. The molecule has 1 aromatic carbocycles. The molecule has 2 rings (SSSR count). The van der Waals surface area contributed by atoms with Crippen LogP contribution in [-0.4, -0.2) is 56.2 Å². The lowest BCUT2D eigenvalue weighted by molar-refractivity contribution is -0.274. The number of nitrogens with one attached hydrogen (secondary N) is 3. The van der Waals surface area contributed by atoms with E-state index in [-0.39, 0.29) is 11.8 Å². The standard InChI is InChI=1S/C15H21F3N4O3/c1-11(10-22-6-8-24-9-7-22)19-14(23)21-20-12-2-4-13(5-3-12)25-15(16,17)18/h2-5,11,20H,6-10H2,1H3,(H2,19,21,23)/t11-/m1/s1. The number of hydrazine groups is 1. The molecule has 0 aromatic heterocycles. The van der Waals surface area contributed by atoms with Crippen molar-refractivity contribution >= 4 is 11.7 Å². The molecular weight excluding hydrogens is 341 g/mol. The Balaban J connectivity index is 1.70. The van der Waals surface area contributed by atoms with Gasteiger partial charge in [0, 0.05) is 25.7 Å². The monoisotopic (exact) mass is 362 g/mol. The number of anilines is 1. The smallest absolute Gasteiger partial charge is 0.406 e. The van der Waals surface area contributed by atoms with Crippen molar-refractivity contribution in [3.05, 3.63) is 24.3 Å². The summed E-state index contributed by atoms with van der Waals surface area (Å²) >= 11 is 0. The maximum atomic E-state index is 12.1. The molecule has 1 atom stereocenters. The van der Waals surface area contributed by atoms with E-state index >= 15 is 0 Å². The first-order chi connectivity index (χ1) is 11.8. The van der Waals surface area contributed by atoms with Gasteiger partial charge in [-0.15, -0.1) is 13.2 Å². The Morgan fingerprint density at radius 1 is 1.28 bits per heavy atom. The van der Waals surface area contributed by atoms with Crippen LogP contribution in [0.3, 0.4) is 0 Å². The fourth-order valence-corrected chi connectivity index (χ4v) is 2.35. The van der Waals surface area contributed by atoms with E-state index in [1.807, 2.05) is 6.92 Å². The van der Waals surface area contributed by atoms with Gasteiger partial charge < -0.3 is 14.8 Å². The summed E-state index contributed by atoms with van der Waals surface area (Å²) in [6, 6.07) is 4.52. The third-order valence-electron chi connectivity index (χ3n) is 3.42. The lowest BCUT2D eigenvalue weighted by atomic mass is 10.3. The molecule has 0 radical (unpaired) electrons. The van der Waals surface area contributed by atoms with E-state index in [2.05, 4.69) is 25.8 Å². The minimum Gasteiger partial charge on any atom is -0.406 e. The van der Waals surface area contributed by atoms with Crippen molar-refractivity contribution in [1.82, 2.24) is 15.6 Å². The molecule has 1 aliphatic heterocycles. The van der Waals surface area contributed by atoms with Crippen molar-refractivity contribution < 1.29 is 27.4 Å². The number of carbonyl (C=O) groups is 1. The average Bonchev–Trinajstić information content (AvgIpc) is 2.53. The number of amides is 2. The molecule has 10 heteroatoms. The molecule has 0 aliphatic carbocycles. The summed E-state index contributed by atoms with van der Waals surface area (Å²) in [6.07, 6.45) is -4.73. The summed E-state index contributed by atoms with van der Waals surface area (Å²) in [5.41, 5.74) is 5.46. The van der Waals surface area contributed by atoms with Crippen LogP contribution in [-0.2, 0) is 4.74 Å². The maximum absolute atomic E-state index is 12.1. The second-order valence-electron chi connectivity index (χ2n) is 5.61. The topological polar surface area (TPSA) is 74.9 Å². The number of hydrogen-bond acceptors (Lipinski definition) is 5. The van der Waals surface area contributed by atoms with E-state index in [4.69, 9.17) is 4.74 Å². The van der Waals surface area contributed by atoms with Crippen molar-refractivity contribution in [1.29, 1.82) is 0 Å². The molecule has 1 heterocycles. The molecular formula is C15H21F3N4O3. The highest BCUT2D eigenvalue weighted by atomic mass is 19.4. The normalized spacial score (nSPS) is 16.8. The van der Waals surface area contributed by atoms with E-state index in [1.165, 1.54) is 12.1 Å². The average molecular weight is 362 g/mol. The van der Waals surface area contributed by atoms with Gasteiger partial charge in [-0.05, 0) is 31.2 Å². The molecule has 3 N–H and O–H groups in total. The maximum Gasteiger partial charge on any atom is 0.573 e. The van der Waals surface area contributed by atoms with Crippen LogP contribution in [0.15, 0.2) is 24.3 Å². The Morgan fingerprint density at radius 3 is 2.52 bits per heavy atom. The zero-order valence-electron chi connectivity index (χ0n) is 13.7. The quantitative estimate of drug-likeness (QED) is 0.675. The number of ether oxygens (including phenoxy) is 2. The lowest BCUT2D eigenvalue weighted by Gasteiger charge is -2.29. The number of rotatable bonds is 6. The summed E-state index contributed by atoms with van der Waals surface area (Å²) in [4.78, 5) is 14.0. The van der Waals surface area contributed by atoms with Gasteiger partial charge in [-0.25, -0.2) is 4.79 Å². The number of hydrogen-bond donors (Lipinski definition) is 3. The molecule has 0 unspecified atom stereocenters. The first-order valence-electron chi connectivity index (χ1n) is 7.80. The third kappa shape index (κ3) is 7.48. The van der Waals surface area contributed by atoms with Crippen LogP contribution >= 0.6 is 0 Å². The van der Waals surface area contributed by atoms with Gasteiger partial charge in [0.25, 0.3) is 0 Å². The lowest BCUT2D eigenvalue weighted by Crippen LogP contribution is -2.49. The molecule has 7 nitrogen and oxygen atoms in total. The second-order valence-corrected chi connectivity index (χ2v) is 5.61. The number of alkyl halides is 3. The predicted molar refractivity (Wildman–Crippen MR) is 85.1 cm³/mol. The van der Waals surface area contributed by atoms with Gasteiger partial charge in [0.2, 0.25) is 0 Å². The minimum absolute atomic E-state index is 0.0672. The summed E-state index contributed by atoms with van der Waals surface area (Å²) in [5, 5.41) is 2.77. The summed E-state index contributed by atoms with van der Waals surface area (Å²) in [5.74, 6) is -0.332. The Labute approximate surface area is 143 Å². The van der Waals surface area contributed by atoms with Crippen molar-refractivity contribution in [3.8, 4) is 5.75 Å². The molecule has 1 aromatic rings. The van der Waals surface area contributed by atoms with Crippen LogP contribution in [0.25, 0.3) is 0 Å². The molecule has 2 amide bonds. The van der Waals surface area contributed by atoms with E-state index in [0.717, 1.165) is 25.2 Å². The van der Waals surface area contributed by atoms with Crippen molar-refractivity contribution in [2.45, 2.75) is 19.3 Å². The summed E-state index contributed by atoms with van der Waals surface area (Å²) in [7, 11) is 0. The Hall–Kier alpha value is -2.20. The highest BCUT2D eigenvalue weighted by molar-refractivity contribution is 5.75. The van der Waals surface area contributed by atoms with Crippen LogP contribution in [0, 0.1) is 0 Å². The molecule has 0 bridgehead atoms. The van der Waals surface area contributed by atoms with Crippen LogP contribution < -0.4 is 20.9 Å². The van der Waals surface area contributed by atoms with Gasteiger partial charge in [0.05, 0.1) is 18.9 Å². The fourth-order valence-electron chi connectivity index (χ4n) is 2.35.